The molecule has 0 radical (unpaired) electrons. The lowest BCUT2D eigenvalue weighted by Gasteiger charge is -2.19. The van der Waals surface area contributed by atoms with E-state index >= 15 is 0 Å². The van der Waals surface area contributed by atoms with Crippen LogP contribution in [0.5, 0.6) is 0 Å². The Kier molecular flexibility index (Phi) is 3.21. The van der Waals surface area contributed by atoms with Crippen LogP contribution >= 0.6 is 0 Å². The van der Waals surface area contributed by atoms with E-state index in [1.54, 1.807) is 12.3 Å². The zero-order valence-electron chi connectivity index (χ0n) is 9.67. The van der Waals surface area contributed by atoms with Gasteiger partial charge >= 0.3 is 0 Å². The highest BCUT2D eigenvalue weighted by Crippen LogP contribution is 2.27. The van der Waals surface area contributed by atoms with Crippen LogP contribution < -0.4 is 16.3 Å². The average molecular weight is 224 g/mol. The van der Waals surface area contributed by atoms with Crippen molar-refractivity contribution in [2.45, 2.75) is 0 Å². The molecular formula is C12H13BN4. The monoisotopic (exact) mass is 224 g/mol. The Bertz CT molecular complexity index is 542. The van der Waals surface area contributed by atoms with Gasteiger partial charge in [0.15, 0.2) is 5.82 Å². The number of nitrogens with two attached hydrogens (primary N) is 1. The number of benzene rings is 1. The summed E-state index contributed by atoms with van der Waals surface area (Å²) in [6, 6.07) is 11.5. The maximum Gasteiger partial charge on any atom is 0.173 e. The van der Waals surface area contributed by atoms with E-state index in [4.69, 9.17) is 5.84 Å². The predicted molar refractivity (Wildman–Crippen MR) is 74.4 cm³/mol. The summed E-state index contributed by atoms with van der Waals surface area (Å²) in [5, 5.41) is 1.51. The number of aromatic nitrogens is 1. The Hall–Kier alpha value is -2.14. The van der Waals surface area contributed by atoms with Crippen molar-refractivity contribution in [3.05, 3.63) is 42.6 Å². The molecule has 0 atom stereocenters. The molecule has 1 aromatic carbocycles. The van der Waals surface area contributed by atoms with Gasteiger partial charge in [-0.05, 0) is 31.0 Å². The molecule has 0 saturated heterocycles. The van der Waals surface area contributed by atoms with E-state index < -0.39 is 0 Å². The van der Waals surface area contributed by atoms with E-state index in [0.29, 0.717) is 11.5 Å². The molecule has 1 aromatic heterocycles. The van der Waals surface area contributed by atoms with Crippen LogP contribution in [0.15, 0.2) is 47.6 Å². The lowest BCUT2D eigenvalue weighted by molar-refractivity contribution is 1.04. The van der Waals surface area contributed by atoms with Gasteiger partial charge in [0.25, 0.3) is 0 Å². The topological polar surface area (TPSA) is 54.5 Å². The first-order valence-corrected chi connectivity index (χ1v) is 5.25. The van der Waals surface area contributed by atoms with Gasteiger partial charge in [-0.15, -0.1) is 0 Å². The molecule has 84 valence electrons. The molecule has 0 aliphatic carbocycles. The van der Waals surface area contributed by atoms with Crippen LogP contribution in [0.4, 0.5) is 17.2 Å². The second-order valence-electron chi connectivity index (χ2n) is 3.71. The number of hydrogen-bond acceptors (Lipinski definition) is 4. The summed E-state index contributed by atoms with van der Waals surface area (Å²) < 4.78 is 0. The second-order valence-corrected chi connectivity index (χ2v) is 3.71. The first-order chi connectivity index (χ1) is 8.22. The first kappa shape index (κ1) is 11.4. The van der Waals surface area contributed by atoms with Crippen LogP contribution in [0.1, 0.15) is 0 Å². The first-order valence-electron chi connectivity index (χ1n) is 5.25. The van der Waals surface area contributed by atoms with Crippen molar-refractivity contribution in [3.63, 3.8) is 0 Å². The van der Waals surface area contributed by atoms with Gasteiger partial charge < -0.3 is 0 Å². The van der Waals surface area contributed by atoms with Gasteiger partial charge in [-0.3, -0.25) is 10.0 Å². The molecule has 0 amide bonds. The molecule has 0 aliphatic heterocycles. The standard InChI is InChI=1S/C12H13BN4/c1-15-11-6-3-7-16-12(11)17(14)10-5-2-4-9(13)8-10/h2-8H,1,13-14H2. The summed E-state index contributed by atoms with van der Waals surface area (Å²) in [5.74, 6) is 6.64. The molecule has 1 heterocycles. The summed E-state index contributed by atoms with van der Waals surface area (Å²) >= 11 is 0. The van der Waals surface area contributed by atoms with E-state index in [9.17, 15) is 0 Å². The number of hydrazine groups is 1. The Morgan fingerprint density at radius 2 is 2.12 bits per heavy atom. The number of rotatable bonds is 3. The van der Waals surface area contributed by atoms with Crippen LogP contribution in [-0.2, 0) is 0 Å². The highest BCUT2D eigenvalue weighted by molar-refractivity contribution is 6.32. The van der Waals surface area contributed by atoms with Crippen molar-refractivity contribution >= 4 is 37.2 Å². The fourth-order valence-electron chi connectivity index (χ4n) is 1.60. The minimum Gasteiger partial charge on any atom is -0.261 e. The van der Waals surface area contributed by atoms with Gasteiger partial charge in [-0.2, -0.15) is 0 Å². The third-order valence-corrected chi connectivity index (χ3v) is 2.44. The van der Waals surface area contributed by atoms with Crippen LogP contribution in [-0.4, -0.2) is 19.5 Å². The summed E-state index contributed by atoms with van der Waals surface area (Å²) in [4.78, 5) is 8.13. The van der Waals surface area contributed by atoms with Crippen molar-refractivity contribution < 1.29 is 0 Å². The van der Waals surface area contributed by atoms with E-state index in [1.165, 1.54) is 5.01 Å². The van der Waals surface area contributed by atoms with Crippen molar-refractivity contribution in [1.29, 1.82) is 0 Å². The number of aliphatic imine (C=N–C) groups is 1. The van der Waals surface area contributed by atoms with Crippen molar-refractivity contribution in [3.8, 4) is 0 Å². The smallest absolute Gasteiger partial charge is 0.173 e. The van der Waals surface area contributed by atoms with E-state index in [2.05, 4.69) is 16.7 Å². The maximum absolute atomic E-state index is 6.04. The fraction of sp³-hybridized carbons (Fsp3) is 0. The third-order valence-electron chi connectivity index (χ3n) is 2.44. The van der Waals surface area contributed by atoms with Crippen molar-refractivity contribution in [2.75, 3.05) is 5.01 Å². The molecule has 0 bridgehead atoms. The van der Waals surface area contributed by atoms with Crippen LogP contribution in [0.3, 0.4) is 0 Å². The fourth-order valence-corrected chi connectivity index (χ4v) is 1.60. The van der Waals surface area contributed by atoms with Crippen LogP contribution in [0.2, 0.25) is 0 Å². The summed E-state index contributed by atoms with van der Waals surface area (Å²) in [6.07, 6.45) is 1.68. The van der Waals surface area contributed by atoms with E-state index in [1.807, 2.05) is 38.2 Å². The highest BCUT2D eigenvalue weighted by Gasteiger charge is 2.10. The number of hydrogen-bond donors (Lipinski definition) is 1. The zero-order chi connectivity index (χ0) is 12.3. The molecular weight excluding hydrogens is 211 g/mol. The quantitative estimate of drug-likeness (QED) is 0.361. The molecule has 0 spiro atoms. The summed E-state index contributed by atoms with van der Waals surface area (Å²) in [5.41, 5.74) is 2.67. The van der Waals surface area contributed by atoms with Crippen LogP contribution in [0, 0.1) is 0 Å². The molecule has 0 aliphatic rings. The molecule has 0 unspecified atom stereocenters. The van der Waals surface area contributed by atoms with E-state index in [-0.39, 0.29) is 0 Å². The predicted octanol–water partition coefficient (Wildman–Crippen LogP) is 0.684. The number of pyridine rings is 1. The van der Waals surface area contributed by atoms with Crippen molar-refractivity contribution in [1.82, 2.24) is 4.98 Å². The van der Waals surface area contributed by atoms with Gasteiger partial charge in [-0.1, -0.05) is 17.6 Å². The molecule has 4 nitrogen and oxygen atoms in total. The normalized spacial score (nSPS) is 9.94. The SMILES string of the molecule is Bc1cccc(N(N)c2ncccc2N=C)c1. The van der Waals surface area contributed by atoms with Gasteiger partial charge in [0.1, 0.15) is 13.5 Å². The lowest BCUT2D eigenvalue weighted by Crippen LogP contribution is -2.26. The van der Waals surface area contributed by atoms with Gasteiger partial charge in [0.05, 0.1) is 5.69 Å². The highest BCUT2D eigenvalue weighted by atomic mass is 15.4. The Morgan fingerprint density at radius 3 is 2.82 bits per heavy atom. The van der Waals surface area contributed by atoms with Crippen molar-refractivity contribution in [2.24, 2.45) is 10.8 Å². The molecule has 5 heteroatoms. The average Bonchev–Trinajstić information content (AvgIpc) is 2.38. The molecule has 0 saturated carbocycles. The Labute approximate surface area is 101 Å². The molecule has 2 N–H and O–H groups in total. The summed E-state index contributed by atoms with van der Waals surface area (Å²) in [6.45, 7) is 3.51. The van der Waals surface area contributed by atoms with Crippen LogP contribution in [0.25, 0.3) is 0 Å². The molecule has 2 rings (SSSR count). The third kappa shape index (κ3) is 2.34. The van der Waals surface area contributed by atoms with Gasteiger partial charge in [-0.25, -0.2) is 10.8 Å². The second kappa shape index (κ2) is 4.80. The molecule has 17 heavy (non-hydrogen) atoms. The molecule has 2 aromatic rings. The Morgan fingerprint density at radius 1 is 1.29 bits per heavy atom. The Balaban J connectivity index is 2.43. The van der Waals surface area contributed by atoms with E-state index in [0.717, 1.165) is 11.2 Å². The molecule has 0 fully saturated rings. The maximum atomic E-state index is 6.04. The minimum atomic E-state index is 0.591. The number of nitrogens with zero attached hydrogens (tertiary/aromatic N) is 3. The minimum absolute atomic E-state index is 0.591. The zero-order valence-corrected chi connectivity index (χ0v) is 9.67. The largest absolute Gasteiger partial charge is 0.261 e. The summed E-state index contributed by atoms with van der Waals surface area (Å²) in [7, 11) is 2.02. The lowest BCUT2D eigenvalue weighted by atomic mass is 9.96. The van der Waals surface area contributed by atoms with Gasteiger partial charge in [0, 0.05) is 6.20 Å². The van der Waals surface area contributed by atoms with Gasteiger partial charge in [0.2, 0.25) is 0 Å². The number of anilines is 2.